The molecule has 0 spiro atoms. The Morgan fingerprint density at radius 3 is 2.67 bits per heavy atom. The van der Waals surface area contributed by atoms with E-state index in [-0.39, 0.29) is 50.0 Å². The molecule has 0 unspecified atom stereocenters. The molecule has 40 heavy (non-hydrogen) atoms. The van der Waals surface area contributed by atoms with Gasteiger partial charge in [0.1, 0.15) is 30.2 Å². The van der Waals surface area contributed by atoms with Crippen molar-refractivity contribution in [3.8, 4) is 5.75 Å². The molecule has 1 aliphatic heterocycles. The summed E-state index contributed by atoms with van der Waals surface area (Å²) in [6.45, 7) is 0.180. The standard InChI is InChI=1S/C25H31N7O8/c1-26-21-16-6-8-32(22(16)29-14-28-21)24(36)30(2)9-10-31(3)25(37)38-13-17-18(5-4-7-27-17)39-20-12-15(33)11-19(40-20)23(34)35/h4-8,14-15,19-20,33H,9-13H2,1-3H3,(H,34,35)(H,26,28,29)/t15-,19-,20+/m0/s1. The number of ether oxygens (including phenoxy) is 3. The van der Waals surface area contributed by atoms with Gasteiger partial charge in [0.25, 0.3) is 0 Å². The Bertz CT molecular complexity index is 1370. The quantitative estimate of drug-likeness (QED) is 0.344. The predicted octanol–water partition coefficient (Wildman–Crippen LogP) is 1.37. The number of aliphatic hydroxyl groups is 1. The lowest BCUT2D eigenvalue weighted by molar-refractivity contribution is -0.195. The average molecular weight is 558 g/mol. The summed E-state index contributed by atoms with van der Waals surface area (Å²) in [4.78, 5) is 52.2. The van der Waals surface area contributed by atoms with Crippen LogP contribution >= 0.6 is 0 Å². The van der Waals surface area contributed by atoms with Crippen LogP contribution in [0.4, 0.5) is 15.4 Å². The van der Waals surface area contributed by atoms with Crippen LogP contribution < -0.4 is 10.1 Å². The molecule has 3 N–H and O–H groups in total. The van der Waals surface area contributed by atoms with E-state index in [1.807, 2.05) is 0 Å². The molecule has 214 valence electrons. The Hall–Kier alpha value is -4.50. The number of rotatable bonds is 9. The highest BCUT2D eigenvalue weighted by atomic mass is 16.7. The van der Waals surface area contributed by atoms with Gasteiger partial charge in [0.2, 0.25) is 6.29 Å². The summed E-state index contributed by atoms with van der Waals surface area (Å²) in [5, 5.41) is 22.9. The summed E-state index contributed by atoms with van der Waals surface area (Å²) >= 11 is 0. The van der Waals surface area contributed by atoms with Gasteiger partial charge in [-0.3, -0.25) is 9.55 Å². The molecule has 1 fully saturated rings. The Kier molecular flexibility index (Phi) is 8.96. The first-order valence-corrected chi connectivity index (χ1v) is 12.5. The van der Waals surface area contributed by atoms with Crippen LogP contribution in [-0.2, 0) is 20.9 Å². The fourth-order valence-corrected chi connectivity index (χ4v) is 4.09. The Labute approximate surface area is 229 Å². The van der Waals surface area contributed by atoms with Crippen molar-refractivity contribution < 1.29 is 38.8 Å². The first-order valence-electron chi connectivity index (χ1n) is 12.5. The molecule has 0 saturated carbocycles. The van der Waals surface area contributed by atoms with Gasteiger partial charge in [-0.2, -0.15) is 0 Å². The molecule has 15 heteroatoms. The third-order valence-corrected chi connectivity index (χ3v) is 6.31. The van der Waals surface area contributed by atoms with Crippen molar-refractivity contribution in [3.63, 3.8) is 0 Å². The second kappa shape index (κ2) is 12.6. The number of pyridine rings is 1. The Morgan fingerprint density at radius 1 is 1.15 bits per heavy atom. The van der Waals surface area contributed by atoms with Crippen LogP contribution in [0.1, 0.15) is 18.5 Å². The van der Waals surface area contributed by atoms with Gasteiger partial charge in [0.15, 0.2) is 11.8 Å². The molecule has 1 saturated heterocycles. The van der Waals surface area contributed by atoms with Gasteiger partial charge in [-0.25, -0.2) is 24.4 Å². The van der Waals surface area contributed by atoms with Gasteiger partial charge >= 0.3 is 18.1 Å². The molecule has 3 aromatic rings. The summed E-state index contributed by atoms with van der Waals surface area (Å²) < 4.78 is 17.9. The number of aliphatic hydroxyl groups excluding tert-OH is 1. The number of carbonyl (C=O) groups is 3. The summed E-state index contributed by atoms with van der Waals surface area (Å²) in [5.74, 6) is -0.353. The molecular formula is C25H31N7O8. The average Bonchev–Trinajstić information content (AvgIpc) is 3.38. The summed E-state index contributed by atoms with van der Waals surface area (Å²) in [5.41, 5.74) is 0.749. The predicted molar refractivity (Wildman–Crippen MR) is 140 cm³/mol. The molecule has 3 atom stereocenters. The number of hydrogen-bond donors (Lipinski definition) is 3. The number of hydrogen-bond acceptors (Lipinski definition) is 11. The summed E-state index contributed by atoms with van der Waals surface area (Å²) in [7, 11) is 4.89. The first kappa shape index (κ1) is 28.5. The maximum Gasteiger partial charge on any atom is 0.409 e. The van der Waals surface area contributed by atoms with E-state index in [2.05, 4.69) is 20.3 Å². The minimum absolute atomic E-state index is 0.0342. The van der Waals surface area contributed by atoms with Crippen LogP contribution in [0.5, 0.6) is 5.75 Å². The van der Waals surface area contributed by atoms with E-state index in [1.165, 1.54) is 33.9 Å². The maximum atomic E-state index is 13.0. The number of aromatic nitrogens is 4. The second-order valence-corrected chi connectivity index (χ2v) is 9.16. The zero-order valence-electron chi connectivity index (χ0n) is 22.3. The van der Waals surface area contributed by atoms with Crippen molar-refractivity contribution in [2.24, 2.45) is 0 Å². The lowest BCUT2D eigenvalue weighted by Gasteiger charge is -2.31. The zero-order chi connectivity index (χ0) is 28.8. The van der Waals surface area contributed by atoms with Crippen LogP contribution in [0.3, 0.4) is 0 Å². The SMILES string of the molecule is CNc1ncnc2c1ccn2C(=O)N(C)CCN(C)C(=O)OCc1ncccc1O[C@H]1C[C@@H](O)C[C@@H](C(=O)O)O1. The topological polar surface area (TPSA) is 181 Å². The number of amides is 2. The van der Waals surface area contributed by atoms with E-state index in [1.54, 1.807) is 38.5 Å². The van der Waals surface area contributed by atoms with Crippen molar-refractivity contribution in [3.05, 3.63) is 42.6 Å². The highest BCUT2D eigenvalue weighted by Gasteiger charge is 2.34. The van der Waals surface area contributed by atoms with E-state index >= 15 is 0 Å². The van der Waals surface area contributed by atoms with Gasteiger partial charge in [0, 0.05) is 59.5 Å². The number of aliphatic carboxylic acids is 1. The normalized spacial score (nSPS) is 18.6. The Morgan fingerprint density at radius 2 is 1.93 bits per heavy atom. The smallest absolute Gasteiger partial charge is 0.409 e. The van der Waals surface area contributed by atoms with Gasteiger partial charge in [-0.1, -0.05) is 0 Å². The number of carboxylic acid groups (broad SMARTS) is 1. The van der Waals surface area contributed by atoms with Crippen LogP contribution in [0.15, 0.2) is 36.9 Å². The minimum Gasteiger partial charge on any atom is -0.479 e. The van der Waals surface area contributed by atoms with E-state index in [0.717, 1.165) is 0 Å². The van der Waals surface area contributed by atoms with Crippen LogP contribution in [0.2, 0.25) is 0 Å². The van der Waals surface area contributed by atoms with E-state index < -0.39 is 30.6 Å². The monoisotopic (exact) mass is 557 g/mol. The molecule has 2 amide bonds. The lowest BCUT2D eigenvalue weighted by Crippen LogP contribution is -2.42. The molecule has 1 aliphatic rings. The second-order valence-electron chi connectivity index (χ2n) is 9.16. The van der Waals surface area contributed by atoms with Crippen molar-refractivity contribution in [2.75, 3.05) is 39.5 Å². The van der Waals surface area contributed by atoms with E-state index in [0.29, 0.717) is 16.9 Å². The van der Waals surface area contributed by atoms with Crippen LogP contribution in [0.25, 0.3) is 11.0 Å². The third kappa shape index (κ3) is 6.55. The van der Waals surface area contributed by atoms with Crippen molar-refractivity contribution in [1.29, 1.82) is 0 Å². The number of anilines is 1. The largest absolute Gasteiger partial charge is 0.479 e. The number of likely N-dealkylation sites (N-methyl/N-ethyl adjacent to an activating group) is 2. The highest BCUT2D eigenvalue weighted by Crippen LogP contribution is 2.25. The number of nitrogens with one attached hydrogen (secondary N) is 1. The fourth-order valence-electron chi connectivity index (χ4n) is 4.09. The lowest BCUT2D eigenvalue weighted by atomic mass is 10.1. The first-order chi connectivity index (χ1) is 19.2. The zero-order valence-corrected chi connectivity index (χ0v) is 22.3. The van der Waals surface area contributed by atoms with Gasteiger partial charge in [-0.05, 0) is 18.2 Å². The van der Waals surface area contributed by atoms with Gasteiger partial charge in [-0.15, -0.1) is 0 Å². The molecule has 4 rings (SSSR count). The maximum absolute atomic E-state index is 13.0. The molecule has 0 aromatic carbocycles. The van der Waals surface area contributed by atoms with Crippen LogP contribution in [0, 0.1) is 0 Å². The van der Waals surface area contributed by atoms with E-state index in [9.17, 15) is 24.6 Å². The summed E-state index contributed by atoms with van der Waals surface area (Å²) in [6.07, 6.45) is 0.781. The Balaban J connectivity index is 1.30. The molecule has 4 heterocycles. The number of carbonyl (C=O) groups excluding carboxylic acids is 2. The van der Waals surface area contributed by atoms with Crippen molar-refractivity contribution in [1.82, 2.24) is 29.3 Å². The fraction of sp³-hybridized carbons (Fsp3) is 0.440. The van der Waals surface area contributed by atoms with Gasteiger partial charge in [0.05, 0.1) is 11.5 Å². The van der Waals surface area contributed by atoms with Gasteiger partial charge < -0.3 is 39.5 Å². The molecular weight excluding hydrogens is 526 g/mol. The number of carboxylic acids is 1. The summed E-state index contributed by atoms with van der Waals surface area (Å²) in [6, 6.07) is 4.61. The van der Waals surface area contributed by atoms with Crippen molar-refractivity contribution >= 4 is 34.9 Å². The molecule has 0 aliphatic carbocycles. The minimum atomic E-state index is -1.19. The number of nitrogens with zero attached hydrogens (tertiary/aromatic N) is 6. The molecule has 0 radical (unpaired) electrons. The van der Waals surface area contributed by atoms with E-state index in [4.69, 9.17) is 14.2 Å². The third-order valence-electron chi connectivity index (χ3n) is 6.31. The van der Waals surface area contributed by atoms with Crippen molar-refractivity contribution in [2.45, 2.75) is 37.9 Å². The molecule has 0 bridgehead atoms. The molecule has 15 nitrogen and oxygen atoms in total. The molecule has 3 aromatic heterocycles. The number of fused-ring (bicyclic) bond motifs is 1. The van der Waals surface area contributed by atoms with Crippen LogP contribution in [-0.4, -0.2) is 110 Å². The highest BCUT2D eigenvalue weighted by molar-refractivity contribution is 5.94.